The Morgan fingerprint density at radius 3 is 2.47 bits per heavy atom. The number of thiocarbonyl (C=S) groups is 1. The molecule has 0 radical (unpaired) electrons. The van der Waals surface area contributed by atoms with Crippen LogP contribution < -0.4 is 4.90 Å². The number of nitrogens with zero attached hydrogens (tertiary/aromatic N) is 1. The van der Waals surface area contributed by atoms with Crippen molar-refractivity contribution >= 4 is 23.1 Å². The van der Waals surface area contributed by atoms with Gasteiger partial charge in [-0.3, -0.25) is 4.90 Å². The lowest BCUT2D eigenvalue weighted by Crippen LogP contribution is -2.47. The van der Waals surface area contributed by atoms with Gasteiger partial charge >= 0.3 is 0 Å². The summed E-state index contributed by atoms with van der Waals surface area (Å²) in [7, 11) is 0. The molecule has 1 aliphatic heterocycles. The molecule has 0 saturated carbocycles. The van der Waals surface area contributed by atoms with Crippen LogP contribution in [0.4, 0.5) is 5.69 Å². The van der Waals surface area contributed by atoms with Crippen molar-refractivity contribution in [3.63, 3.8) is 0 Å². The second-order valence-electron chi connectivity index (χ2n) is 3.79. The van der Waals surface area contributed by atoms with E-state index in [1.807, 2.05) is 30.3 Å². The third-order valence-corrected chi connectivity index (χ3v) is 2.98. The van der Waals surface area contributed by atoms with Crippen molar-refractivity contribution in [1.29, 1.82) is 0 Å². The average Bonchev–Trinajstić information content (AvgIpc) is 2.37. The molecule has 0 amide bonds. The molecule has 0 aliphatic carbocycles. The highest BCUT2D eigenvalue weighted by Crippen LogP contribution is 2.32. The Labute approximate surface area is 94.3 Å². The number of para-hydroxylation sites is 1. The average molecular weight is 223 g/mol. The van der Waals surface area contributed by atoms with Crippen molar-refractivity contribution < 1.29 is 9.84 Å². The Hall–Kier alpha value is -1.13. The number of rotatable bonds is 1. The molecule has 80 valence electrons. The minimum atomic E-state index is -1.08. The molecule has 1 fully saturated rings. The maximum absolute atomic E-state index is 10.3. The lowest BCUT2D eigenvalue weighted by molar-refractivity contribution is -0.000876. The Balaban J connectivity index is 2.41. The molecular formula is C11H13NO2S. The third kappa shape index (κ3) is 1.60. The van der Waals surface area contributed by atoms with Gasteiger partial charge in [0, 0.05) is 5.69 Å². The van der Waals surface area contributed by atoms with Crippen LogP contribution in [0.3, 0.4) is 0 Å². The molecule has 15 heavy (non-hydrogen) atoms. The highest BCUT2D eigenvalue weighted by Gasteiger charge is 2.46. The van der Waals surface area contributed by atoms with E-state index in [0.29, 0.717) is 5.17 Å². The summed E-state index contributed by atoms with van der Waals surface area (Å²) >= 11 is 5.09. The Bertz CT molecular complexity index is 377. The van der Waals surface area contributed by atoms with E-state index >= 15 is 0 Å². The van der Waals surface area contributed by atoms with Gasteiger partial charge in [0.2, 0.25) is 0 Å². The summed E-state index contributed by atoms with van der Waals surface area (Å²) in [6, 6.07) is 9.50. The first-order valence-corrected chi connectivity index (χ1v) is 5.22. The first-order valence-electron chi connectivity index (χ1n) is 4.82. The van der Waals surface area contributed by atoms with E-state index in [9.17, 15) is 5.11 Å². The summed E-state index contributed by atoms with van der Waals surface area (Å²) in [5.41, 5.74) is -0.241. The first kappa shape index (κ1) is 10.4. The molecule has 1 aromatic rings. The van der Waals surface area contributed by atoms with Crippen molar-refractivity contribution in [2.24, 2.45) is 0 Å². The molecule has 3 nitrogen and oxygen atoms in total. The Morgan fingerprint density at radius 1 is 1.40 bits per heavy atom. The summed E-state index contributed by atoms with van der Waals surface area (Å²) in [5.74, 6) is 0. The topological polar surface area (TPSA) is 32.7 Å². The van der Waals surface area contributed by atoms with Gasteiger partial charge in [-0.2, -0.15) is 0 Å². The van der Waals surface area contributed by atoms with E-state index in [1.165, 1.54) is 0 Å². The molecule has 1 aliphatic rings. The predicted molar refractivity (Wildman–Crippen MR) is 62.7 cm³/mol. The van der Waals surface area contributed by atoms with E-state index in [-0.39, 0.29) is 6.10 Å². The monoisotopic (exact) mass is 223 g/mol. The van der Waals surface area contributed by atoms with Crippen LogP contribution in [0.1, 0.15) is 13.8 Å². The summed E-state index contributed by atoms with van der Waals surface area (Å²) in [4.78, 5) is 1.63. The lowest BCUT2D eigenvalue weighted by Gasteiger charge is -2.30. The number of ether oxygens (including phenoxy) is 1. The van der Waals surface area contributed by atoms with E-state index in [1.54, 1.807) is 18.7 Å². The van der Waals surface area contributed by atoms with Gasteiger partial charge in [0.25, 0.3) is 5.17 Å². The predicted octanol–water partition coefficient (Wildman–Crippen LogP) is 1.91. The molecule has 2 atom stereocenters. The van der Waals surface area contributed by atoms with Crippen LogP contribution >= 0.6 is 12.2 Å². The number of aliphatic hydroxyl groups is 1. The molecule has 1 aromatic carbocycles. The maximum Gasteiger partial charge on any atom is 0.266 e. The van der Waals surface area contributed by atoms with Gasteiger partial charge in [-0.1, -0.05) is 18.2 Å². The number of anilines is 1. The standard InChI is InChI=1S/C11H13NO2S/c1-8-11(2,13)12(10(15)14-8)9-6-4-3-5-7-9/h3-8,13H,1-2H3/t8-,11-/m0/s1. The minimum absolute atomic E-state index is 0.318. The molecule has 1 heterocycles. The summed E-state index contributed by atoms with van der Waals surface area (Å²) in [6.07, 6.45) is -0.329. The van der Waals surface area contributed by atoms with E-state index in [0.717, 1.165) is 5.69 Å². The van der Waals surface area contributed by atoms with Gasteiger partial charge in [0.1, 0.15) is 6.10 Å². The van der Waals surface area contributed by atoms with Gasteiger partial charge in [-0.25, -0.2) is 0 Å². The molecular weight excluding hydrogens is 210 g/mol. The number of benzene rings is 1. The summed E-state index contributed by atoms with van der Waals surface area (Å²) < 4.78 is 5.35. The first-order chi connectivity index (χ1) is 7.03. The van der Waals surface area contributed by atoms with Crippen LogP contribution in [0.25, 0.3) is 0 Å². The zero-order chi connectivity index (χ0) is 11.1. The zero-order valence-corrected chi connectivity index (χ0v) is 9.49. The zero-order valence-electron chi connectivity index (χ0n) is 8.68. The van der Waals surface area contributed by atoms with Crippen molar-refractivity contribution in [1.82, 2.24) is 0 Å². The second-order valence-corrected chi connectivity index (χ2v) is 4.14. The van der Waals surface area contributed by atoms with Crippen LogP contribution in [0.5, 0.6) is 0 Å². The van der Waals surface area contributed by atoms with Crippen LogP contribution in [-0.4, -0.2) is 22.1 Å². The van der Waals surface area contributed by atoms with Crippen molar-refractivity contribution in [3.8, 4) is 0 Å². The van der Waals surface area contributed by atoms with E-state index in [2.05, 4.69) is 0 Å². The van der Waals surface area contributed by atoms with E-state index < -0.39 is 5.72 Å². The number of hydrogen-bond donors (Lipinski definition) is 1. The summed E-state index contributed by atoms with van der Waals surface area (Å²) in [5, 5.41) is 10.6. The smallest absolute Gasteiger partial charge is 0.266 e. The van der Waals surface area contributed by atoms with Gasteiger partial charge in [0.15, 0.2) is 5.72 Å². The Kier molecular flexibility index (Phi) is 2.40. The molecule has 0 spiro atoms. The normalized spacial score (nSPS) is 30.5. The molecule has 1 N–H and O–H groups in total. The fourth-order valence-corrected chi connectivity index (χ4v) is 2.06. The highest BCUT2D eigenvalue weighted by molar-refractivity contribution is 7.80. The van der Waals surface area contributed by atoms with Crippen LogP contribution in [0.15, 0.2) is 30.3 Å². The van der Waals surface area contributed by atoms with Crippen LogP contribution in [-0.2, 0) is 4.74 Å². The fraction of sp³-hybridized carbons (Fsp3) is 0.364. The second kappa shape index (κ2) is 3.47. The number of hydrogen-bond acceptors (Lipinski definition) is 3. The molecule has 1 saturated heterocycles. The SMILES string of the molecule is C[C@@H]1OC(=S)N(c2ccccc2)[C@@]1(C)O. The van der Waals surface area contributed by atoms with Crippen LogP contribution in [0, 0.1) is 0 Å². The minimum Gasteiger partial charge on any atom is -0.462 e. The van der Waals surface area contributed by atoms with Gasteiger partial charge in [-0.05, 0) is 38.2 Å². The van der Waals surface area contributed by atoms with Crippen molar-refractivity contribution in [2.75, 3.05) is 4.90 Å². The summed E-state index contributed by atoms with van der Waals surface area (Å²) in [6.45, 7) is 3.50. The van der Waals surface area contributed by atoms with Gasteiger partial charge < -0.3 is 9.84 Å². The quantitative estimate of drug-likeness (QED) is 0.737. The van der Waals surface area contributed by atoms with Gasteiger partial charge in [-0.15, -0.1) is 0 Å². The van der Waals surface area contributed by atoms with Crippen LogP contribution in [0.2, 0.25) is 0 Å². The third-order valence-electron chi connectivity index (χ3n) is 2.70. The molecule has 2 rings (SSSR count). The molecule has 0 bridgehead atoms. The molecule has 0 aromatic heterocycles. The molecule has 4 heteroatoms. The lowest BCUT2D eigenvalue weighted by atomic mass is 10.1. The van der Waals surface area contributed by atoms with Crippen molar-refractivity contribution in [3.05, 3.63) is 30.3 Å². The van der Waals surface area contributed by atoms with Crippen molar-refractivity contribution in [2.45, 2.75) is 25.7 Å². The highest BCUT2D eigenvalue weighted by atomic mass is 32.1. The van der Waals surface area contributed by atoms with Gasteiger partial charge in [0.05, 0.1) is 0 Å². The van der Waals surface area contributed by atoms with E-state index in [4.69, 9.17) is 17.0 Å². The molecule has 0 unspecified atom stereocenters. The fourth-order valence-electron chi connectivity index (χ4n) is 1.63. The maximum atomic E-state index is 10.3. The largest absolute Gasteiger partial charge is 0.462 e. The Morgan fingerprint density at radius 2 is 2.00 bits per heavy atom.